The standard InChI is InChI=1S/C17H18OSe/c1-11-9-15(18)16-12-7-8-13(10-12)17(11,16)19-14-5-3-2-4-6-14/h2-8,11-13,16H,9-10H2,1H3/t11-,12-,13+,16?,17-/m1/s1. The van der Waals surface area contributed by atoms with Crippen LogP contribution in [-0.4, -0.2) is 20.7 Å². The van der Waals surface area contributed by atoms with Crippen molar-refractivity contribution < 1.29 is 4.79 Å². The van der Waals surface area contributed by atoms with Gasteiger partial charge in [-0.1, -0.05) is 0 Å². The van der Waals surface area contributed by atoms with Gasteiger partial charge in [-0.3, -0.25) is 0 Å². The second-order valence-corrected chi connectivity index (χ2v) is 9.11. The Hall–Kier alpha value is -0.851. The van der Waals surface area contributed by atoms with E-state index in [4.69, 9.17) is 0 Å². The summed E-state index contributed by atoms with van der Waals surface area (Å²) >= 11 is 0.411. The molecule has 19 heavy (non-hydrogen) atoms. The number of allylic oxidation sites excluding steroid dienone is 2. The van der Waals surface area contributed by atoms with Gasteiger partial charge in [0.2, 0.25) is 0 Å². The van der Waals surface area contributed by atoms with Gasteiger partial charge in [0.1, 0.15) is 0 Å². The van der Waals surface area contributed by atoms with E-state index >= 15 is 0 Å². The molecule has 2 bridgehead atoms. The van der Waals surface area contributed by atoms with Crippen LogP contribution in [-0.2, 0) is 4.79 Å². The summed E-state index contributed by atoms with van der Waals surface area (Å²) in [7, 11) is 0. The van der Waals surface area contributed by atoms with Crippen LogP contribution >= 0.6 is 0 Å². The molecule has 2 fully saturated rings. The first kappa shape index (κ1) is 11.9. The molecule has 0 heterocycles. The molecule has 1 nitrogen and oxygen atoms in total. The van der Waals surface area contributed by atoms with Crippen molar-refractivity contribution in [3.63, 3.8) is 0 Å². The number of carbonyl (C=O) groups excluding carboxylic acids is 1. The Labute approximate surface area is 120 Å². The maximum atomic E-state index is 12.4. The molecule has 1 aromatic carbocycles. The molecular formula is C17H18OSe. The fourth-order valence-corrected chi connectivity index (χ4v) is 8.22. The Balaban J connectivity index is 1.78. The van der Waals surface area contributed by atoms with Gasteiger partial charge in [-0.25, -0.2) is 0 Å². The Morgan fingerprint density at radius 1 is 1.21 bits per heavy atom. The number of carbonyl (C=O) groups is 1. The van der Waals surface area contributed by atoms with Crippen LogP contribution < -0.4 is 4.46 Å². The van der Waals surface area contributed by atoms with Gasteiger partial charge in [-0.05, 0) is 0 Å². The molecule has 3 aliphatic carbocycles. The Morgan fingerprint density at radius 3 is 2.79 bits per heavy atom. The molecule has 2 heteroatoms. The summed E-state index contributed by atoms with van der Waals surface area (Å²) < 4.78 is 1.74. The normalized spacial score (nSPS) is 42.9. The van der Waals surface area contributed by atoms with Crippen molar-refractivity contribution in [2.45, 2.75) is 24.1 Å². The van der Waals surface area contributed by atoms with Crippen LogP contribution in [0.2, 0.25) is 4.31 Å². The van der Waals surface area contributed by atoms with E-state index in [0.29, 0.717) is 44.4 Å². The molecule has 0 spiro atoms. The average Bonchev–Trinajstić information content (AvgIpc) is 3.05. The number of benzene rings is 1. The van der Waals surface area contributed by atoms with Crippen molar-refractivity contribution in [3.8, 4) is 0 Å². The molecule has 98 valence electrons. The van der Waals surface area contributed by atoms with E-state index in [1.165, 1.54) is 10.9 Å². The van der Waals surface area contributed by atoms with Crippen molar-refractivity contribution in [2.75, 3.05) is 0 Å². The third-order valence-electron chi connectivity index (χ3n) is 5.27. The van der Waals surface area contributed by atoms with E-state index < -0.39 is 0 Å². The number of Topliss-reactive ketones (excluding diaryl/α,β-unsaturated/α-hetero) is 1. The zero-order chi connectivity index (χ0) is 13.0. The van der Waals surface area contributed by atoms with Gasteiger partial charge in [0.15, 0.2) is 0 Å². The quantitative estimate of drug-likeness (QED) is 0.605. The fraction of sp³-hybridized carbons (Fsp3) is 0.471. The average molecular weight is 317 g/mol. The molecule has 0 radical (unpaired) electrons. The molecule has 0 aliphatic heterocycles. The van der Waals surface area contributed by atoms with E-state index in [9.17, 15) is 4.79 Å². The van der Waals surface area contributed by atoms with Crippen molar-refractivity contribution in [3.05, 3.63) is 42.5 Å². The van der Waals surface area contributed by atoms with Crippen LogP contribution in [0, 0.1) is 23.7 Å². The summed E-state index contributed by atoms with van der Waals surface area (Å²) in [6, 6.07) is 10.8. The maximum absolute atomic E-state index is 12.4. The number of fused-ring (bicyclic) bond motifs is 5. The van der Waals surface area contributed by atoms with Gasteiger partial charge in [-0.15, -0.1) is 0 Å². The summed E-state index contributed by atoms with van der Waals surface area (Å²) in [5.74, 6) is 2.64. The van der Waals surface area contributed by atoms with Gasteiger partial charge >= 0.3 is 120 Å². The van der Waals surface area contributed by atoms with E-state index in [2.05, 4.69) is 49.4 Å². The first-order valence-corrected chi connectivity index (χ1v) is 8.88. The molecule has 3 aliphatic rings. The van der Waals surface area contributed by atoms with E-state index in [0.717, 1.165) is 6.42 Å². The van der Waals surface area contributed by atoms with Crippen molar-refractivity contribution in [1.82, 2.24) is 0 Å². The van der Waals surface area contributed by atoms with Gasteiger partial charge in [0.05, 0.1) is 0 Å². The molecule has 1 unspecified atom stereocenters. The van der Waals surface area contributed by atoms with E-state index in [-0.39, 0.29) is 4.31 Å². The van der Waals surface area contributed by atoms with Crippen LogP contribution in [0.5, 0.6) is 0 Å². The monoisotopic (exact) mass is 318 g/mol. The fourth-order valence-electron chi connectivity index (χ4n) is 4.56. The second-order valence-electron chi connectivity index (χ2n) is 6.21. The zero-order valence-corrected chi connectivity index (χ0v) is 12.8. The molecule has 5 atom stereocenters. The first-order chi connectivity index (χ1) is 9.22. The number of rotatable bonds is 2. The predicted molar refractivity (Wildman–Crippen MR) is 77.5 cm³/mol. The van der Waals surface area contributed by atoms with Gasteiger partial charge in [-0.2, -0.15) is 0 Å². The summed E-state index contributed by atoms with van der Waals surface area (Å²) in [6.45, 7) is 2.32. The molecule has 2 saturated carbocycles. The third-order valence-corrected chi connectivity index (χ3v) is 9.09. The molecule has 0 amide bonds. The van der Waals surface area contributed by atoms with Gasteiger partial charge < -0.3 is 0 Å². The summed E-state index contributed by atoms with van der Waals surface area (Å²) in [5, 5.41) is 0. The summed E-state index contributed by atoms with van der Waals surface area (Å²) in [6.07, 6.45) is 6.79. The topological polar surface area (TPSA) is 17.1 Å². The Kier molecular flexibility index (Phi) is 2.56. The molecule has 4 rings (SSSR count). The van der Waals surface area contributed by atoms with Crippen molar-refractivity contribution in [2.24, 2.45) is 23.7 Å². The first-order valence-electron chi connectivity index (χ1n) is 7.17. The van der Waals surface area contributed by atoms with E-state index in [1.807, 2.05) is 0 Å². The number of ketones is 1. The van der Waals surface area contributed by atoms with E-state index in [1.54, 1.807) is 0 Å². The van der Waals surface area contributed by atoms with Gasteiger partial charge in [0.25, 0.3) is 0 Å². The summed E-state index contributed by atoms with van der Waals surface area (Å²) in [4.78, 5) is 12.4. The van der Waals surface area contributed by atoms with Crippen LogP contribution in [0.3, 0.4) is 0 Å². The number of hydrogen-bond donors (Lipinski definition) is 0. The Morgan fingerprint density at radius 2 is 2.00 bits per heavy atom. The van der Waals surface area contributed by atoms with Crippen molar-refractivity contribution >= 4 is 25.2 Å². The van der Waals surface area contributed by atoms with Crippen molar-refractivity contribution in [1.29, 1.82) is 0 Å². The Bertz CT molecular complexity index is 550. The zero-order valence-electron chi connectivity index (χ0n) is 11.1. The van der Waals surface area contributed by atoms with Crippen LogP contribution in [0.4, 0.5) is 0 Å². The predicted octanol–water partition coefficient (Wildman–Crippen LogP) is 2.61. The summed E-state index contributed by atoms with van der Waals surface area (Å²) in [5.41, 5.74) is 0. The molecule has 0 N–H and O–H groups in total. The number of hydrogen-bond acceptors (Lipinski definition) is 1. The van der Waals surface area contributed by atoms with Crippen LogP contribution in [0.25, 0.3) is 0 Å². The third kappa shape index (κ3) is 1.50. The van der Waals surface area contributed by atoms with Crippen LogP contribution in [0.15, 0.2) is 42.5 Å². The minimum atomic E-state index is 0.283. The molecular weight excluding hydrogens is 299 g/mol. The van der Waals surface area contributed by atoms with Crippen LogP contribution in [0.1, 0.15) is 19.8 Å². The SMILES string of the molecule is C[C@@H]1CC(=O)C2[C@@H]3C=C[C@@H](C3)[C@@]21[Se]c1ccccc1. The van der Waals surface area contributed by atoms with Gasteiger partial charge in [0, 0.05) is 0 Å². The molecule has 0 saturated heterocycles. The minimum absolute atomic E-state index is 0.283. The molecule has 0 aromatic heterocycles. The second kappa shape index (κ2) is 4.07. The molecule has 1 aromatic rings.